The smallest absolute Gasteiger partial charge is 0.452 e. The van der Waals surface area contributed by atoms with Gasteiger partial charge in [-0.15, -0.1) is 0 Å². The van der Waals surface area contributed by atoms with Gasteiger partial charge < -0.3 is 18.1 Å². The highest BCUT2D eigenvalue weighted by Gasteiger charge is 2.52. The molecule has 154 valence electrons. The molecule has 31 heavy (non-hydrogen) atoms. The van der Waals surface area contributed by atoms with Gasteiger partial charge in [0, 0.05) is 21.8 Å². The van der Waals surface area contributed by atoms with Crippen molar-refractivity contribution >= 4 is 45.6 Å². The molecule has 0 saturated carbocycles. The summed E-state index contributed by atoms with van der Waals surface area (Å²) in [7, 11) is -0.556. The van der Waals surface area contributed by atoms with Crippen molar-refractivity contribution in [3.05, 3.63) is 60.7 Å². The van der Waals surface area contributed by atoms with Crippen LogP contribution in [0, 0.1) is 0 Å². The summed E-state index contributed by atoms with van der Waals surface area (Å²) in [4.78, 5) is 4.86. The van der Waals surface area contributed by atoms with Crippen LogP contribution in [0.3, 0.4) is 0 Å². The Hall–Kier alpha value is -3.09. The first-order valence-corrected chi connectivity index (χ1v) is 10.5. The summed E-state index contributed by atoms with van der Waals surface area (Å²) in [5, 5.41) is 1.98. The van der Waals surface area contributed by atoms with Crippen LogP contribution in [0.5, 0.6) is 0 Å². The summed E-state index contributed by atoms with van der Waals surface area (Å²) >= 11 is 0. The van der Waals surface area contributed by atoms with Crippen LogP contribution in [0.1, 0.15) is 27.7 Å². The van der Waals surface area contributed by atoms with Crippen molar-refractivity contribution in [2.75, 3.05) is 0 Å². The largest absolute Gasteiger partial charge is 0.497 e. The number of para-hydroxylation sites is 1. The lowest BCUT2D eigenvalue weighted by Crippen LogP contribution is -2.41. The molecule has 1 saturated heterocycles. The molecule has 2 aromatic heterocycles. The first kappa shape index (κ1) is 18.7. The molecule has 3 heterocycles. The summed E-state index contributed by atoms with van der Waals surface area (Å²) < 4.78 is 25.2. The van der Waals surface area contributed by atoms with Crippen molar-refractivity contribution in [1.82, 2.24) is 4.98 Å². The molecule has 0 bridgehead atoms. The third kappa shape index (κ3) is 2.68. The van der Waals surface area contributed by atoms with Crippen LogP contribution in [0.15, 0.2) is 69.5 Å². The maximum absolute atomic E-state index is 6.38. The van der Waals surface area contributed by atoms with E-state index in [2.05, 4.69) is 12.1 Å². The molecule has 6 rings (SSSR count). The Morgan fingerprint density at radius 3 is 2.16 bits per heavy atom. The lowest BCUT2D eigenvalue weighted by Gasteiger charge is -2.32. The fourth-order valence-corrected chi connectivity index (χ4v) is 4.12. The maximum atomic E-state index is 6.38. The second-order valence-electron chi connectivity index (χ2n) is 9.09. The van der Waals surface area contributed by atoms with E-state index in [0.717, 1.165) is 27.4 Å². The zero-order chi connectivity index (χ0) is 21.4. The second-order valence-corrected chi connectivity index (χ2v) is 9.09. The number of hydrogen-bond donors (Lipinski definition) is 0. The van der Waals surface area contributed by atoms with Gasteiger partial charge in [-0.3, -0.25) is 0 Å². The number of benzene rings is 3. The molecule has 0 spiro atoms. The molecule has 1 fully saturated rings. The number of hydrogen-bond acceptors (Lipinski definition) is 5. The molecule has 0 radical (unpaired) electrons. The van der Waals surface area contributed by atoms with E-state index in [1.165, 1.54) is 0 Å². The molecule has 5 nitrogen and oxygen atoms in total. The normalized spacial score (nSPS) is 17.9. The fraction of sp³-hybridized carbons (Fsp3) is 0.240. The number of oxazole rings is 1. The standard InChI is InChI=1S/C25H22BNO4/c1-24(2)25(3,4)31-26(30-24)18-14-17-16-12-8-9-13-19(16)28-21(17)22-20(18)27-23(29-22)15-10-6-5-7-11-15/h5-14H,1-4H3. The Labute approximate surface area is 180 Å². The second kappa shape index (κ2) is 6.22. The molecule has 0 unspecified atom stereocenters. The van der Waals surface area contributed by atoms with E-state index in [0.29, 0.717) is 22.6 Å². The van der Waals surface area contributed by atoms with Crippen molar-refractivity contribution in [2.24, 2.45) is 0 Å². The molecule has 1 aliphatic heterocycles. The minimum absolute atomic E-state index is 0.455. The van der Waals surface area contributed by atoms with Crippen molar-refractivity contribution in [3.8, 4) is 11.5 Å². The summed E-state index contributed by atoms with van der Waals surface area (Å²) in [5.74, 6) is 0.543. The molecule has 0 aliphatic carbocycles. The molecule has 1 aliphatic rings. The zero-order valence-electron chi connectivity index (χ0n) is 17.9. The Morgan fingerprint density at radius 1 is 0.742 bits per heavy atom. The number of rotatable bonds is 2. The molecule has 6 heteroatoms. The molecular weight excluding hydrogens is 389 g/mol. The van der Waals surface area contributed by atoms with Crippen molar-refractivity contribution in [1.29, 1.82) is 0 Å². The molecular formula is C25H22BNO4. The lowest BCUT2D eigenvalue weighted by atomic mass is 9.77. The molecule has 3 aromatic carbocycles. The molecule has 5 aromatic rings. The summed E-state index contributed by atoms with van der Waals surface area (Å²) in [6.07, 6.45) is 0. The first-order valence-electron chi connectivity index (χ1n) is 10.5. The lowest BCUT2D eigenvalue weighted by molar-refractivity contribution is 0.00578. The number of nitrogens with zero attached hydrogens (tertiary/aromatic N) is 1. The minimum atomic E-state index is -0.556. The Bertz CT molecular complexity index is 1430. The topological polar surface area (TPSA) is 57.6 Å². The van der Waals surface area contributed by atoms with Crippen LogP contribution in [0.4, 0.5) is 0 Å². The predicted octanol–water partition coefficient (Wildman–Crippen LogP) is 5.69. The highest BCUT2D eigenvalue weighted by atomic mass is 16.7. The van der Waals surface area contributed by atoms with Crippen LogP contribution in [-0.4, -0.2) is 23.3 Å². The van der Waals surface area contributed by atoms with Gasteiger partial charge >= 0.3 is 7.12 Å². The monoisotopic (exact) mass is 411 g/mol. The minimum Gasteiger partial charge on any atom is -0.452 e. The van der Waals surface area contributed by atoms with Gasteiger partial charge in [0.1, 0.15) is 11.1 Å². The van der Waals surface area contributed by atoms with Gasteiger partial charge in [-0.1, -0.05) is 36.4 Å². The van der Waals surface area contributed by atoms with Gasteiger partial charge in [0.05, 0.1) is 11.2 Å². The average molecular weight is 411 g/mol. The summed E-state index contributed by atoms with van der Waals surface area (Å²) in [5.41, 5.74) is 3.64. The highest BCUT2D eigenvalue weighted by Crippen LogP contribution is 2.39. The highest BCUT2D eigenvalue weighted by molar-refractivity contribution is 6.65. The van der Waals surface area contributed by atoms with Gasteiger partial charge in [-0.2, -0.15) is 0 Å². The summed E-state index contributed by atoms with van der Waals surface area (Å²) in [6.45, 7) is 8.20. The van der Waals surface area contributed by atoms with Crippen LogP contribution < -0.4 is 5.46 Å². The number of fused-ring (bicyclic) bond motifs is 5. The SMILES string of the molecule is CC1(C)OB(c2cc3c4ccccc4oc3c3oc(-c4ccccc4)nc23)OC1(C)C. The van der Waals surface area contributed by atoms with E-state index in [-0.39, 0.29) is 0 Å². The third-order valence-electron chi connectivity index (χ3n) is 6.57. The van der Waals surface area contributed by atoms with E-state index in [1.54, 1.807) is 0 Å². The van der Waals surface area contributed by atoms with Crippen LogP contribution in [0.2, 0.25) is 0 Å². The predicted molar refractivity (Wildman–Crippen MR) is 122 cm³/mol. The zero-order valence-corrected chi connectivity index (χ0v) is 17.9. The number of furan rings is 1. The first-order chi connectivity index (χ1) is 14.8. The third-order valence-corrected chi connectivity index (χ3v) is 6.57. The molecule has 0 N–H and O–H groups in total. The van der Waals surface area contributed by atoms with Gasteiger partial charge in [-0.25, -0.2) is 4.98 Å². The van der Waals surface area contributed by atoms with Gasteiger partial charge in [0.15, 0.2) is 11.2 Å². The Balaban J connectivity index is 1.66. The van der Waals surface area contributed by atoms with Gasteiger partial charge in [-0.05, 0) is 52.0 Å². The van der Waals surface area contributed by atoms with E-state index < -0.39 is 18.3 Å². The Morgan fingerprint density at radius 2 is 1.42 bits per heavy atom. The molecule has 0 atom stereocenters. The molecule has 0 amide bonds. The van der Waals surface area contributed by atoms with E-state index in [4.69, 9.17) is 23.1 Å². The maximum Gasteiger partial charge on any atom is 0.497 e. The van der Waals surface area contributed by atoms with Gasteiger partial charge in [0.2, 0.25) is 5.89 Å². The summed E-state index contributed by atoms with van der Waals surface area (Å²) in [6, 6.07) is 19.9. The number of aromatic nitrogens is 1. The van der Waals surface area contributed by atoms with E-state index in [1.807, 2.05) is 76.2 Å². The van der Waals surface area contributed by atoms with Crippen LogP contribution in [0.25, 0.3) is 44.5 Å². The van der Waals surface area contributed by atoms with E-state index in [9.17, 15) is 0 Å². The van der Waals surface area contributed by atoms with Crippen LogP contribution in [-0.2, 0) is 9.31 Å². The Kier molecular flexibility index (Phi) is 3.74. The van der Waals surface area contributed by atoms with Crippen LogP contribution >= 0.6 is 0 Å². The van der Waals surface area contributed by atoms with Crippen molar-refractivity contribution < 1.29 is 18.1 Å². The van der Waals surface area contributed by atoms with Gasteiger partial charge in [0.25, 0.3) is 0 Å². The van der Waals surface area contributed by atoms with Crippen molar-refractivity contribution in [2.45, 2.75) is 38.9 Å². The average Bonchev–Trinajstić information content (AvgIpc) is 3.40. The fourth-order valence-electron chi connectivity index (χ4n) is 4.12. The quantitative estimate of drug-likeness (QED) is 0.349. The van der Waals surface area contributed by atoms with E-state index >= 15 is 0 Å². The van der Waals surface area contributed by atoms with Crippen molar-refractivity contribution in [3.63, 3.8) is 0 Å².